The van der Waals surface area contributed by atoms with Crippen molar-refractivity contribution in [2.24, 2.45) is 11.8 Å². The Morgan fingerprint density at radius 1 is 1.22 bits per heavy atom. The molecular weight excluding hydrogens is 594 g/mol. The molecule has 2 N–H and O–H groups in total. The number of likely N-dealkylation sites (tertiary alicyclic amines) is 1. The highest BCUT2D eigenvalue weighted by atomic mass is 79.9. The molecule has 3 heterocycles. The van der Waals surface area contributed by atoms with Gasteiger partial charge in [-0.15, -0.1) is 13.2 Å². The number of allylic oxidation sites excluding steroid dienone is 1. The molecule has 0 aromatic rings. The van der Waals surface area contributed by atoms with E-state index >= 15 is 0 Å². The van der Waals surface area contributed by atoms with Gasteiger partial charge in [-0.3, -0.25) is 19.2 Å². The van der Waals surface area contributed by atoms with E-state index in [1.807, 2.05) is 13.8 Å². The van der Waals surface area contributed by atoms with Crippen LogP contribution in [-0.2, 0) is 28.7 Å². The fourth-order valence-electron chi connectivity index (χ4n) is 6.42. The first kappa shape index (κ1) is 33.3. The molecule has 230 valence electrons. The van der Waals surface area contributed by atoms with Gasteiger partial charge in [-0.1, -0.05) is 40.9 Å². The van der Waals surface area contributed by atoms with Crippen molar-refractivity contribution in [1.29, 1.82) is 0 Å². The van der Waals surface area contributed by atoms with Crippen LogP contribution < -0.4 is 5.32 Å². The van der Waals surface area contributed by atoms with Crippen LogP contribution in [0.5, 0.6) is 0 Å². The number of nitrogens with one attached hydrogen (secondary N) is 1. The lowest BCUT2D eigenvalue weighted by Crippen LogP contribution is -2.58. The van der Waals surface area contributed by atoms with Gasteiger partial charge in [0.1, 0.15) is 17.7 Å². The van der Waals surface area contributed by atoms with Crippen LogP contribution in [0, 0.1) is 11.8 Å². The lowest BCUT2D eigenvalue weighted by Gasteiger charge is -2.38. The second kappa shape index (κ2) is 14.8. The Labute approximate surface area is 252 Å². The lowest BCUT2D eigenvalue weighted by molar-refractivity contribution is -0.159. The summed E-state index contributed by atoms with van der Waals surface area (Å²) in [6.07, 6.45) is 6.35. The van der Waals surface area contributed by atoms with Gasteiger partial charge in [-0.2, -0.15) is 0 Å². The van der Waals surface area contributed by atoms with E-state index in [1.165, 1.54) is 0 Å². The molecule has 0 radical (unpaired) electrons. The molecular formula is C30H46BrN3O7. The maximum absolute atomic E-state index is 14.2. The van der Waals surface area contributed by atoms with E-state index in [0.717, 1.165) is 12.8 Å². The van der Waals surface area contributed by atoms with Crippen LogP contribution in [-0.4, -0.2) is 99.6 Å². The van der Waals surface area contributed by atoms with Gasteiger partial charge in [-0.05, 0) is 46.5 Å². The Morgan fingerprint density at radius 2 is 1.93 bits per heavy atom. The number of nitrogens with zero attached hydrogens (tertiary/aromatic N) is 2. The normalized spacial score (nSPS) is 28.9. The number of carbonyl (C=O) groups excluding carboxylic acids is 4. The zero-order chi connectivity index (χ0) is 30.3. The third kappa shape index (κ3) is 7.05. The zero-order valence-electron chi connectivity index (χ0n) is 24.6. The van der Waals surface area contributed by atoms with E-state index in [9.17, 15) is 19.2 Å². The van der Waals surface area contributed by atoms with Gasteiger partial charge in [0, 0.05) is 37.0 Å². The Morgan fingerprint density at radius 3 is 2.56 bits per heavy atom. The average Bonchev–Trinajstić information content (AvgIpc) is 3.52. The Hall–Kier alpha value is -2.24. The molecule has 3 rings (SSSR count). The van der Waals surface area contributed by atoms with E-state index in [0.29, 0.717) is 45.2 Å². The molecule has 1 unspecified atom stereocenters. The van der Waals surface area contributed by atoms with Gasteiger partial charge in [0.15, 0.2) is 0 Å². The van der Waals surface area contributed by atoms with Crippen LogP contribution in [0.3, 0.4) is 0 Å². The molecule has 7 atom stereocenters. The number of esters is 1. The smallest absolute Gasteiger partial charge is 0.312 e. The Balaban J connectivity index is 1.85. The second-order valence-electron chi connectivity index (χ2n) is 11.6. The van der Waals surface area contributed by atoms with Crippen molar-refractivity contribution in [2.75, 3.05) is 26.2 Å². The molecule has 3 aliphatic heterocycles. The summed E-state index contributed by atoms with van der Waals surface area (Å²) < 4.78 is 12.3. The van der Waals surface area contributed by atoms with Crippen LogP contribution in [0.2, 0.25) is 0 Å². The summed E-state index contributed by atoms with van der Waals surface area (Å²) >= 11 is 3.68. The summed E-state index contributed by atoms with van der Waals surface area (Å²) in [5.74, 6) is -2.91. The molecule has 3 fully saturated rings. The molecule has 3 amide bonds. The summed E-state index contributed by atoms with van der Waals surface area (Å²) in [4.78, 5) is 57.0. The number of alkyl halides is 1. The Bertz CT molecular complexity index is 991. The maximum atomic E-state index is 14.2. The van der Waals surface area contributed by atoms with E-state index in [-0.39, 0.29) is 41.7 Å². The molecule has 0 aromatic heterocycles. The number of amides is 3. The fourth-order valence-corrected chi connectivity index (χ4v) is 7.36. The molecule has 0 saturated carbocycles. The summed E-state index contributed by atoms with van der Waals surface area (Å²) in [6, 6.07) is -0.997. The summed E-state index contributed by atoms with van der Waals surface area (Å²) in [6.45, 7) is 13.9. The summed E-state index contributed by atoms with van der Waals surface area (Å²) in [5.41, 5.74) is -1.15. The van der Waals surface area contributed by atoms with Crippen molar-refractivity contribution < 1.29 is 33.8 Å². The van der Waals surface area contributed by atoms with Crippen LogP contribution in [0.25, 0.3) is 0 Å². The molecule has 10 nitrogen and oxygen atoms in total. The van der Waals surface area contributed by atoms with Crippen molar-refractivity contribution in [1.82, 2.24) is 15.1 Å². The highest BCUT2D eigenvalue weighted by molar-refractivity contribution is 9.09. The lowest BCUT2D eigenvalue weighted by atomic mass is 9.70. The minimum atomic E-state index is -1.15. The largest absolute Gasteiger partial charge is 0.460 e. The van der Waals surface area contributed by atoms with E-state index in [4.69, 9.17) is 14.6 Å². The maximum Gasteiger partial charge on any atom is 0.312 e. The molecule has 3 aliphatic rings. The number of ether oxygens (including phenoxy) is 2. The number of hydrogen-bond donors (Lipinski definition) is 2. The number of halogens is 1. The van der Waals surface area contributed by atoms with Crippen LogP contribution in [0.4, 0.5) is 0 Å². The minimum Gasteiger partial charge on any atom is -0.460 e. The predicted octanol–water partition coefficient (Wildman–Crippen LogP) is 2.72. The summed E-state index contributed by atoms with van der Waals surface area (Å²) in [7, 11) is 0. The van der Waals surface area contributed by atoms with E-state index in [1.54, 1.807) is 28.9 Å². The molecule has 3 saturated heterocycles. The Kier molecular flexibility index (Phi) is 12.0. The quantitative estimate of drug-likeness (QED) is 0.108. The first-order valence-corrected chi connectivity index (χ1v) is 15.7. The number of fused-ring (bicyclic) bond motifs is 1. The zero-order valence-corrected chi connectivity index (χ0v) is 26.1. The van der Waals surface area contributed by atoms with Crippen molar-refractivity contribution in [3.8, 4) is 0 Å². The molecule has 0 aromatic carbocycles. The number of carbonyl (C=O) groups is 4. The SMILES string of the molecule is C=CCCC(=O)NC[C@@H](C)OC(=O)[C@H]1[C@@H]2O[C@@]3(CC2Br)[C@@H]1C(=O)N(CCCCCCO)[C@@H]3C(=O)N(CC=C)C(C)C. The van der Waals surface area contributed by atoms with E-state index < -0.39 is 41.7 Å². The molecule has 1 spiro atoms. The van der Waals surface area contributed by atoms with Crippen LogP contribution in [0.15, 0.2) is 25.3 Å². The minimum absolute atomic E-state index is 0.114. The molecule has 2 bridgehead atoms. The third-order valence-corrected chi connectivity index (χ3v) is 9.16. The highest BCUT2D eigenvalue weighted by Crippen LogP contribution is 2.60. The molecule has 41 heavy (non-hydrogen) atoms. The molecule has 11 heteroatoms. The van der Waals surface area contributed by atoms with Gasteiger partial charge in [0.2, 0.25) is 17.7 Å². The first-order valence-electron chi connectivity index (χ1n) is 14.8. The number of unbranched alkanes of at least 4 members (excludes halogenated alkanes) is 3. The van der Waals surface area contributed by atoms with Gasteiger partial charge in [0.05, 0.1) is 24.5 Å². The number of aliphatic hydroxyl groups excluding tert-OH is 1. The van der Waals surface area contributed by atoms with E-state index in [2.05, 4.69) is 34.4 Å². The monoisotopic (exact) mass is 639 g/mol. The van der Waals surface area contributed by atoms with Crippen molar-refractivity contribution in [3.05, 3.63) is 25.3 Å². The topological polar surface area (TPSA) is 125 Å². The standard InChI is InChI=1S/C30H46BrN3O7/c1-6-8-13-22(36)32-18-20(5)40-29(39)23-24-27(37)34(15-11-9-10-12-16-35)26(28(38)33(14-7-2)19(3)4)30(24)17-21(31)25(23)41-30/h6-7,19-21,23-26,35H,1-2,8-18H2,3-5H3,(H,32,36)/t20-,21?,23-,24+,25-,26-,30+/m1/s1. The average molecular weight is 641 g/mol. The van der Waals surface area contributed by atoms with Crippen molar-refractivity contribution >= 4 is 39.6 Å². The second-order valence-corrected chi connectivity index (χ2v) is 12.8. The fraction of sp³-hybridized carbons (Fsp3) is 0.733. The van der Waals surface area contributed by atoms with Gasteiger partial charge < -0.3 is 29.7 Å². The van der Waals surface area contributed by atoms with Gasteiger partial charge in [0.25, 0.3) is 0 Å². The predicted molar refractivity (Wildman–Crippen MR) is 158 cm³/mol. The highest BCUT2D eigenvalue weighted by Gasteiger charge is 2.77. The number of aliphatic hydroxyl groups is 1. The summed E-state index contributed by atoms with van der Waals surface area (Å²) in [5, 5.41) is 11.9. The molecule has 0 aliphatic carbocycles. The third-order valence-electron chi connectivity index (χ3n) is 8.31. The van der Waals surface area contributed by atoms with Crippen LogP contribution in [0.1, 0.15) is 65.7 Å². The number of hydrogen-bond acceptors (Lipinski definition) is 7. The number of rotatable bonds is 17. The van der Waals surface area contributed by atoms with Crippen molar-refractivity contribution in [2.45, 2.75) is 100 Å². The van der Waals surface area contributed by atoms with Gasteiger partial charge in [-0.25, -0.2) is 0 Å². The first-order chi connectivity index (χ1) is 19.5. The van der Waals surface area contributed by atoms with Crippen LogP contribution >= 0.6 is 15.9 Å². The van der Waals surface area contributed by atoms with Gasteiger partial charge >= 0.3 is 5.97 Å². The van der Waals surface area contributed by atoms with Crippen molar-refractivity contribution in [3.63, 3.8) is 0 Å².